The minimum atomic E-state index is -0.693. The van der Waals surface area contributed by atoms with Gasteiger partial charge in [-0.3, -0.25) is 19.4 Å². The predicted molar refractivity (Wildman–Crippen MR) is 124 cm³/mol. The number of amides is 1. The summed E-state index contributed by atoms with van der Waals surface area (Å²) in [5.41, 5.74) is 4.82. The van der Waals surface area contributed by atoms with E-state index in [1.165, 1.54) is 0 Å². The summed E-state index contributed by atoms with van der Waals surface area (Å²) in [6, 6.07) is 9.56. The van der Waals surface area contributed by atoms with Gasteiger partial charge in [0.05, 0.1) is 11.3 Å². The molecule has 6 heteroatoms. The van der Waals surface area contributed by atoms with Crippen LogP contribution in [0.15, 0.2) is 30.5 Å². The minimum Gasteiger partial charge on any atom is -0.343 e. The molecule has 2 fully saturated rings. The molecule has 4 rings (SSSR count). The Balaban J connectivity index is 1.52. The second-order valence-electron chi connectivity index (χ2n) is 9.45. The molecule has 0 bridgehead atoms. The predicted octanol–water partition coefficient (Wildman–Crippen LogP) is 4.13. The Morgan fingerprint density at radius 1 is 1.03 bits per heavy atom. The molecule has 0 atom stereocenters. The van der Waals surface area contributed by atoms with Gasteiger partial charge in [-0.25, -0.2) is 0 Å². The molecule has 1 aromatic carbocycles. The number of hydrogen-bond acceptors (Lipinski definition) is 5. The molecule has 1 aliphatic heterocycles. The van der Waals surface area contributed by atoms with Crippen molar-refractivity contribution in [3.8, 4) is 17.3 Å². The van der Waals surface area contributed by atoms with E-state index in [1.54, 1.807) is 19.2 Å². The number of benzene rings is 1. The van der Waals surface area contributed by atoms with Gasteiger partial charge in [-0.1, -0.05) is 0 Å². The van der Waals surface area contributed by atoms with Crippen LogP contribution in [0.5, 0.6) is 0 Å². The van der Waals surface area contributed by atoms with E-state index in [2.05, 4.69) is 11.1 Å². The number of carbonyl (C=O) groups excluding carboxylic acids is 3. The molecular weight excluding hydrogens is 414 g/mol. The number of likely N-dealkylation sites (tertiary alicyclic amines) is 1. The summed E-state index contributed by atoms with van der Waals surface area (Å²) in [5, 5.41) is 8.98. The number of ketones is 2. The van der Waals surface area contributed by atoms with Crippen LogP contribution in [0.3, 0.4) is 0 Å². The van der Waals surface area contributed by atoms with E-state index in [1.807, 2.05) is 36.9 Å². The zero-order valence-electron chi connectivity index (χ0n) is 19.4. The molecule has 1 amide bonds. The van der Waals surface area contributed by atoms with E-state index < -0.39 is 5.92 Å². The van der Waals surface area contributed by atoms with Gasteiger partial charge in [0.25, 0.3) is 0 Å². The van der Waals surface area contributed by atoms with Crippen LogP contribution in [0.1, 0.15) is 60.8 Å². The SMILES string of the molecule is CC(=O)N1CCC(C2CC(=O)C(c3c(C)cc(-c4ccc(C#N)cn4)cc3C)C(=O)C2)CC1. The molecule has 1 saturated carbocycles. The third kappa shape index (κ3) is 4.59. The first-order valence-electron chi connectivity index (χ1n) is 11.6. The number of pyridine rings is 1. The summed E-state index contributed by atoms with van der Waals surface area (Å²) in [5.74, 6) is -0.169. The minimum absolute atomic E-state index is 0.0145. The number of Topliss-reactive ketones (excluding diaryl/α,β-unsaturated/α-hetero) is 2. The highest BCUT2D eigenvalue weighted by Crippen LogP contribution is 2.40. The summed E-state index contributed by atoms with van der Waals surface area (Å²) >= 11 is 0. The van der Waals surface area contributed by atoms with Gasteiger partial charge in [-0.2, -0.15) is 5.26 Å². The van der Waals surface area contributed by atoms with Crippen LogP contribution in [0.2, 0.25) is 0 Å². The van der Waals surface area contributed by atoms with Crippen molar-refractivity contribution in [3.63, 3.8) is 0 Å². The normalized spacial score (nSPS) is 21.7. The first-order chi connectivity index (χ1) is 15.8. The highest BCUT2D eigenvalue weighted by atomic mass is 16.2. The van der Waals surface area contributed by atoms with Crippen molar-refractivity contribution >= 4 is 17.5 Å². The van der Waals surface area contributed by atoms with E-state index in [4.69, 9.17) is 5.26 Å². The number of piperidine rings is 1. The Kier molecular flexibility index (Phi) is 6.42. The second kappa shape index (κ2) is 9.27. The van der Waals surface area contributed by atoms with Crippen LogP contribution >= 0.6 is 0 Å². The molecule has 2 aromatic rings. The number of aromatic nitrogens is 1. The number of carbonyl (C=O) groups is 3. The van der Waals surface area contributed by atoms with Crippen LogP contribution < -0.4 is 0 Å². The van der Waals surface area contributed by atoms with E-state index in [-0.39, 0.29) is 23.4 Å². The van der Waals surface area contributed by atoms with Crippen molar-refractivity contribution in [2.24, 2.45) is 11.8 Å². The first kappa shape index (κ1) is 22.8. The summed E-state index contributed by atoms with van der Waals surface area (Å²) in [6.07, 6.45) is 4.13. The molecule has 6 nitrogen and oxygen atoms in total. The Morgan fingerprint density at radius 3 is 2.12 bits per heavy atom. The standard InChI is InChI=1S/C27H29N3O3/c1-16-10-22(23-5-4-19(14-28)15-29-23)11-17(2)26(16)27-24(32)12-21(13-25(27)33)20-6-8-30(9-7-20)18(3)31/h4-5,10-11,15,20-21,27H,6-9,12-13H2,1-3H3. The van der Waals surface area contributed by atoms with Crippen molar-refractivity contribution in [2.75, 3.05) is 13.1 Å². The highest BCUT2D eigenvalue weighted by molar-refractivity contribution is 6.10. The van der Waals surface area contributed by atoms with Gasteiger partial charge < -0.3 is 4.90 Å². The van der Waals surface area contributed by atoms with Crippen molar-refractivity contribution in [2.45, 2.75) is 52.4 Å². The smallest absolute Gasteiger partial charge is 0.219 e. The maximum absolute atomic E-state index is 13.2. The molecule has 170 valence electrons. The number of aryl methyl sites for hydroxylation is 2. The molecular formula is C27H29N3O3. The lowest BCUT2D eigenvalue weighted by Crippen LogP contribution is -2.42. The fourth-order valence-corrected chi connectivity index (χ4v) is 5.55. The molecule has 0 radical (unpaired) electrons. The largest absolute Gasteiger partial charge is 0.343 e. The fraction of sp³-hybridized carbons (Fsp3) is 0.444. The molecule has 33 heavy (non-hydrogen) atoms. The van der Waals surface area contributed by atoms with Gasteiger partial charge in [-0.15, -0.1) is 0 Å². The van der Waals surface area contributed by atoms with Crippen molar-refractivity contribution < 1.29 is 14.4 Å². The average molecular weight is 444 g/mol. The topological polar surface area (TPSA) is 91.1 Å². The lowest BCUT2D eigenvalue weighted by atomic mass is 9.69. The van der Waals surface area contributed by atoms with Gasteiger partial charge in [-0.05, 0) is 79.5 Å². The summed E-state index contributed by atoms with van der Waals surface area (Å²) in [4.78, 5) is 44.3. The van der Waals surface area contributed by atoms with E-state index in [9.17, 15) is 14.4 Å². The lowest BCUT2D eigenvalue weighted by Gasteiger charge is -2.38. The number of rotatable bonds is 3. The Hall–Kier alpha value is -3.33. The third-order valence-electron chi connectivity index (χ3n) is 7.29. The zero-order valence-corrected chi connectivity index (χ0v) is 19.4. The van der Waals surface area contributed by atoms with Crippen LogP contribution in [0, 0.1) is 37.0 Å². The fourth-order valence-electron chi connectivity index (χ4n) is 5.55. The van der Waals surface area contributed by atoms with Gasteiger partial charge in [0.15, 0.2) is 0 Å². The molecule has 0 N–H and O–H groups in total. The van der Waals surface area contributed by atoms with Crippen molar-refractivity contribution in [3.05, 3.63) is 52.7 Å². The van der Waals surface area contributed by atoms with E-state index >= 15 is 0 Å². The molecule has 0 unspecified atom stereocenters. The second-order valence-corrected chi connectivity index (χ2v) is 9.45. The molecule has 1 saturated heterocycles. The van der Waals surface area contributed by atoms with Gasteiger partial charge in [0, 0.05) is 44.6 Å². The Labute approximate surface area is 194 Å². The molecule has 0 spiro atoms. The van der Waals surface area contributed by atoms with Crippen molar-refractivity contribution in [1.29, 1.82) is 5.26 Å². The maximum Gasteiger partial charge on any atom is 0.219 e. The van der Waals surface area contributed by atoms with E-state index in [0.717, 1.165) is 40.8 Å². The number of nitrogens with zero attached hydrogens (tertiary/aromatic N) is 3. The van der Waals surface area contributed by atoms with Crippen molar-refractivity contribution in [1.82, 2.24) is 9.88 Å². The highest BCUT2D eigenvalue weighted by Gasteiger charge is 2.41. The number of nitriles is 1. The van der Waals surface area contributed by atoms with Crippen LogP contribution in [-0.2, 0) is 14.4 Å². The summed E-state index contributed by atoms with van der Waals surface area (Å²) in [6.45, 7) is 6.90. The van der Waals surface area contributed by atoms with Crippen LogP contribution in [0.4, 0.5) is 0 Å². The van der Waals surface area contributed by atoms with Gasteiger partial charge in [0.2, 0.25) is 5.91 Å². The maximum atomic E-state index is 13.2. The van der Waals surface area contributed by atoms with Crippen LogP contribution in [-0.4, -0.2) is 40.4 Å². The first-order valence-corrected chi connectivity index (χ1v) is 11.6. The summed E-state index contributed by atoms with van der Waals surface area (Å²) < 4.78 is 0. The van der Waals surface area contributed by atoms with Gasteiger partial charge in [0.1, 0.15) is 23.6 Å². The van der Waals surface area contributed by atoms with Gasteiger partial charge >= 0.3 is 0 Å². The molecule has 2 heterocycles. The average Bonchev–Trinajstić information content (AvgIpc) is 2.80. The molecule has 1 aliphatic carbocycles. The van der Waals surface area contributed by atoms with Crippen LogP contribution in [0.25, 0.3) is 11.3 Å². The molecule has 2 aliphatic rings. The summed E-state index contributed by atoms with van der Waals surface area (Å²) in [7, 11) is 0. The monoisotopic (exact) mass is 443 g/mol. The number of hydrogen-bond donors (Lipinski definition) is 0. The Bertz CT molecular complexity index is 1100. The third-order valence-corrected chi connectivity index (χ3v) is 7.29. The quantitative estimate of drug-likeness (QED) is 0.665. The Morgan fingerprint density at radius 2 is 1.64 bits per heavy atom. The van der Waals surface area contributed by atoms with E-state index in [0.29, 0.717) is 37.4 Å². The molecule has 1 aromatic heterocycles. The lowest BCUT2D eigenvalue weighted by molar-refractivity contribution is -0.136. The zero-order chi connectivity index (χ0) is 23.7.